The standard InChI is InChI=1S/C19H22F3NO4/c1-19(2,3)27-18(25)23-12-4-10(5-13(23)9-26-8-12)17(24)14-6-11(20)7-15(21)16(14)22/h6-7,10,12-13H,4-5,8-9H2,1-3H3. The van der Waals surface area contributed by atoms with Crippen LogP contribution >= 0.6 is 0 Å². The number of hydrogen-bond donors (Lipinski definition) is 0. The van der Waals surface area contributed by atoms with Crippen LogP contribution in [0.4, 0.5) is 18.0 Å². The van der Waals surface area contributed by atoms with Crippen LogP contribution in [-0.4, -0.2) is 47.7 Å². The molecule has 1 aromatic carbocycles. The van der Waals surface area contributed by atoms with E-state index in [0.717, 1.165) is 0 Å². The first kappa shape index (κ1) is 19.7. The van der Waals surface area contributed by atoms with Crippen LogP contribution in [0.15, 0.2) is 12.1 Å². The summed E-state index contributed by atoms with van der Waals surface area (Å²) in [5.74, 6) is -5.07. The highest BCUT2D eigenvalue weighted by Gasteiger charge is 2.45. The van der Waals surface area contributed by atoms with Crippen LogP contribution in [0.2, 0.25) is 0 Å². The third-order valence-corrected chi connectivity index (χ3v) is 4.75. The van der Waals surface area contributed by atoms with E-state index < -0.39 is 58.5 Å². The number of carbonyl (C=O) groups excluding carboxylic acids is 2. The number of carbonyl (C=O) groups is 2. The van der Waals surface area contributed by atoms with E-state index in [4.69, 9.17) is 9.47 Å². The number of amides is 1. The Balaban J connectivity index is 1.81. The van der Waals surface area contributed by atoms with E-state index in [1.807, 2.05) is 0 Å². The molecule has 0 radical (unpaired) electrons. The van der Waals surface area contributed by atoms with Crippen molar-refractivity contribution in [3.8, 4) is 0 Å². The molecule has 2 bridgehead atoms. The molecule has 2 aliphatic heterocycles. The number of halogens is 3. The van der Waals surface area contributed by atoms with Crippen molar-refractivity contribution < 1.29 is 32.2 Å². The minimum Gasteiger partial charge on any atom is -0.444 e. The Kier molecular flexibility index (Phi) is 5.20. The van der Waals surface area contributed by atoms with Crippen LogP contribution in [0, 0.1) is 23.4 Å². The molecule has 1 amide bonds. The van der Waals surface area contributed by atoms with Gasteiger partial charge in [0, 0.05) is 12.0 Å². The first-order valence-electron chi connectivity index (χ1n) is 8.84. The van der Waals surface area contributed by atoms with Gasteiger partial charge >= 0.3 is 6.09 Å². The topological polar surface area (TPSA) is 55.8 Å². The number of nitrogens with zero attached hydrogens (tertiary/aromatic N) is 1. The highest BCUT2D eigenvalue weighted by molar-refractivity contribution is 5.98. The normalized spacial score (nSPS) is 25.3. The minimum absolute atomic E-state index is 0.214. The van der Waals surface area contributed by atoms with E-state index in [1.165, 1.54) is 0 Å². The Labute approximate surface area is 155 Å². The summed E-state index contributed by atoms with van der Waals surface area (Å²) in [6.07, 6.45) is -0.0622. The van der Waals surface area contributed by atoms with Crippen LogP contribution in [0.25, 0.3) is 0 Å². The van der Waals surface area contributed by atoms with Crippen molar-refractivity contribution in [2.24, 2.45) is 5.92 Å². The largest absolute Gasteiger partial charge is 0.444 e. The highest BCUT2D eigenvalue weighted by Crippen LogP contribution is 2.35. The molecule has 1 aromatic rings. The molecule has 2 heterocycles. The van der Waals surface area contributed by atoms with Gasteiger partial charge in [0.25, 0.3) is 0 Å². The van der Waals surface area contributed by atoms with E-state index in [-0.39, 0.29) is 26.1 Å². The van der Waals surface area contributed by atoms with Gasteiger partial charge in [0.2, 0.25) is 0 Å². The molecule has 0 saturated carbocycles. The fourth-order valence-corrected chi connectivity index (χ4v) is 3.70. The average molecular weight is 385 g/mol. The molecule has 5 nitrogen and oxygen atoms in total. The van der Waals surface area contributed by atoms with Crippen LogP contribution < -0.4 is 0 Å². The molecule has 2 fully saturated rings. The SMILES string of the molecule is CC(C)(C)OC(=O)N1C2COCC1CC(C(=O)c1cc(F)cc(F)c1F)C2. The van der Waals surface area contributed by atoms with Gasteiger partial charge in [0.15, 0.2) is 17.4 Å². The fraction of sp³-hybridized carbons (Fsp3) is 0.579. The van der Waals surface area contributed by atoms with E-state index in [1.54, 1.807) is 25.7 Å². The quantitative estimate of drug-likeness (QED) is 0.575. The van der Waals surface area contributed by atoms with Crippen molar-refractivity contribution in [1.29, 1.82) is 0 Å². The Morgan fingerprint density at radius 2 is 1.70 bits per heavy atom. The first-order valence-corrected chi connectivity index (χ1v) is 8.84. The third-order valence-electron chi connectivity index (χ3n) is 4.75. The van der Waals surface area contributed by atoms with Gasteiger partial charge in [-0.25, -0.2) is 18.0 Å². The Morgan fingerprint density at radius 1 is 1.11 bits per heavy atom. The molecule has 0 aliphatic carbocycles. The van der Waals surface area contributed by atoms with Crippen LogP contribution in [0.1, 0.15) is 44.0 Å². The summed E-state index contributed by atoms with van der Waals surface area (Å²) in [6.45, 7) is 5.72. The number of fused-ring (bicyclic) bond motifs is 2. The van der Waals surface area contributed by atoms with E-state index in [9.17, 15) is 22.8 Å². The maximum Gasteiger partial charge on any atom is 0.410 e. The van der Waals surface area contributed by atoms with Gasteiger partial charge in [-0.05, 0) is 39.7 Å². The lowest BCUT2D eigenvalue weighted by atomic mass is 9.80. The molecule has 3 rings (SSSR count). The molecule has 27 heavy (non-hydrogen) atoms. The number of piperidine rings is 1. The Hall–Kier alpha value is -2.09. The summed E-state index contributed by atoms with van der Waals surface area (Å²) >= 11 is 0. The lowest BCUT2D eigenvalue weighted by Crippen LogP contribution is -2.60. The molecule has 148 valence electrons. The zero-order valence-corrected chi connectivity index (χ0v) is 15.4. The van der Waals surface area contributed by atoms with Crippen molar-refractivity contribution in [2.45, 2.75) is 51.3 Å². The lowest BCUT2D eigenvalue weighted by Gasteiger charge is -2.47. The fourth-order valence-electron chi connectivity index (χ4n) is 3.70. The van der Waals surface area contributed by atoms with Crippen LogP contribution in [-0.2, 0) is 9.47 Å². The van der Waals surface area contributed by atoms with Gasteiger partial charge in [-0.3, -0.25) is 9.69 Å². The second-order valence-corrected chi connectivity index (χ2v) is 8.01. The van der Waals surface area contributed by atoms with E-state index in [0.29, 0.717) is 12.1 Å². The Morgan fingerprint density at radius 3 is 2.26 bits per heavy atom. The average Bonchev–Trinajstić information content (AvgIpc) is 2.54. The summed E-state index contributed by atoms with van der Waals surface area (Å²) in [6, 6.07) is 0.290. The number of rotatable bonds is 2. The Bertz CT molecular complexity index is 748. The number of morpholine rings is 1. The monoisotopic (exact) mass is 385 g/mol. The molecular weight excluding hydrogens is 363 g/mol. The number of hydrogen-bond acceptors (Lipinski definition) is 4. The second kappa shape index (κ2) is 7.14. The molecule has 2 saturated heterocycles. The van der Waals surface area contributed by atoms with Crippen molar-refractivity contribution in [3.05, 3.63) is 35.1 Å². The van der Waals surface area contributed by atoms with Gasteiger partial charge in [-0.15, -0.1) is 0 Å². The van der Waals surface area contributed by atoms with Crippen LogP contribution in [0.5, 0.6) is 0 Å². The molecule has 2 atom stereocenters. The predicted octanol–water partition coefficient (Wildman–Crippen LogP) is 3.70. The molecule has 8 heteroatoms. The number of benzene rings is 1. The summed E-state index contributed by atoms with van der Waals surface area (Å²) < 4.78 is 51.8. The maximum absolute atomic E-state index is 14.0. The smallest absolute Gasteiger partial charge is 0.410 e. The molecule has 0 spiro atoms. The molecular formula is C19H22F3NO4. The first-order chi connectivity index (χ1) is 12.6. The lowest BCUT2D eigenvalue weighted by molar-refractivity contribution is -0.0861. The predicted molar refractivity (Wildman–Crippen MR) is 89.8 cm³/mol. The number of ether oxygens (including phenoxy) is 2. The zero-order valence-electron chi connectivity index (χ0n) is 15.4. The third kappa shape index (κ3) is 4.10. The summed E-state index contributed by atoms with van der Waals surface area (Å²) in [4.78, 5) is 26.8. The van der Waals surface area contributed by atoms with Crippen molar-refractivity contribution in [2.75, 3.05) is 13.2 Å². The summed E-state index contributed by atoms with van der Waals surface area (Å²) in [5.41, 5.74) is -1.26. The molecule has 0 N–H and O–H groups in total. The van der Waals surface area contributed by atoms with Gasteiger partial charge in [-0.1, -0.05) is 0 Å². The molecule has 0 aromatic heterocycles. The maximum atomic E-state index is 14.0. The van der Waals surface area contributed by atoms with Gasteiger partial charge < -0.3 is 9.47 Å². The minimum atomic E-state index is -1.40. The summed E-state index contributed by atoms with van der Waals surface area (Å²) in [5, 5.41) is 0. The van der Waals surface area contributed by atoms with E-state index >= 15 is 0 Å². The van der Waals surface area contributed by atoms with Crippen molar-refractivity contribution >= 4 is 11.9 Å². The van der Waals surface area contributed by atoms with Gasteiger partial charge in [0.05, 0.1) is 30.9 Å². The van der Waals surface area contributed by atoms with Crippen molar-refractivity contribution in [3.63, 3.8) is 0 Å². The van der Waals surface area contributed by atoms with Gasteiger partial charge in [-0.2, -0.15) is 0 Å². The highest BCUT2D eigenvalue weighted by atomic mass is 19.2. The number of Topliss-reactive ketones (excluding diaryl/α,β-unsaturated/α-hetero) is 1. The van der Waals surface area contributed by atoms with Crippen LogP contribution in [0.3, 0.4) is 0 Å². The van der Waals surface area contributed by atoms with E-state index in [2.05, 4.69) is 0 Å². The van der Waals surface area contributed by atoms with Crippen molar-refractivity contribution in [1.82, 2.24) is 4.90 Å². The van der Waals surface area contributed by atoms with Gasteiger partial charge in [0.1, 0.15) is 11.4 Å². The molecule has 2 unspecified atom stereocenters. The number of ketones is 1. The second-order valence-electron chi connectivity index (χ2n) is 8.01. The zero-order chi connectivity index (χ0) is 19.9. The summed E-state index contributed by atoms with van der Waals surface area (Å²) in [7, 11) is 0. The molecule has 2 aliphatic rings.